The molecule has 1 aliphatic rings. The van der Waals surface area contributed by atoms with Gasteiger partial charge in [0.2, 0.25) is 0 Å². The van der Waals surface area contributed by atoms with Gasteiger partial charge in [0.05, 0.1) is 12.6 Å². The summed E-state index contributed by atoms with van der Waals surface area (Å²) in [4.78, 5) is 20.4. The van der Waals surface area contributed by atoms with E-state index < -0.39 is 5.60 Å². The first-order valence-corrected chi connectivity index (χ1v) is 8.59. The van der Waals surface area contributed by atoms with E-state index in [0.717, 1.165) is 12.5 Å². The molecule has 24 heavy (non-hydrogen) atoms. The van der Waals surface area contributed by atoms with E-state index in [4.69, 9.17) is 4.74 Å². The number of aliphatic imine (C=N–C) groups is 1. The molecule has 0 unspecified atom stereocenters. The lowest BCUT2D eigenvalue weighted by atomic mass is 10.1. The van der Waals surface area contributed by atoms with Gasteiger partial charge in [-0.1, -0.05) is 0 Å². The molecular formula is C16H27IN4O2S. The second-order valence-corrected chi connectivity index (χ2v) is 8.04. The van der Waals surface area contributed by atoms with Crippen LogP contribution >= 0.6 is 35.3 Å². The quantitative estimate of drug-likeness (QED) is 0.409. The molecule has 0 aromatic carbocycles. The zero-order valence-electron chi connectivity index (χ0n) is 14.9. The SMILES string of the molecule is CN=C(NCc1ccc(C)s1)NC1CN(C(=O)OC(C)(C)C)C1.I. The molecule has 0 atom stereocenters. The fraction of sp³-hybridized carbons (Fsp3) is 0.625. The van der Waals surface area contributed by atoms with Crippen molar-refractivity contribution in [1.29, 1.82) is 0 Å². The maximum absolute atomic E-state index is 11.9. The molecule has 2 N–H and O–H groups in total. The van der Waals surface area contributed by atoms with Gasteiger partial charge in [0.15, 0.2) is 5.96 Å². The summed E-state index contributed by atoms with van der Waals surface area (Å²) in [6.07, 6.45) is -0.257. The highest BCUT2D eigenvalue weighted by Crippen LogP contribution is 2.16. The van der Waals surface area contributed by atoms with Crippen molar-refractivity contribution in [3.8, 4) is 0 Å². The second-order valence-electron chi connectivity index (χ2n) is 6.66. The average molecular weight is 466 g/mol. The van der Waals surface area contributed by atoms with Gasteiger partial charge in [0.1, 0.15) is 5.60 Å². The Labute approximate surface area is 165 Å². The van der Waals surface area contributed by atoms with Crippen LogP contribution in [0.4, 0.5) is 4.79 Å². The number of amides is 1. The van der Waals surface area contributed by atoms with Crippen molar-refractivity contribution in [3.05, 3.63) is 21.9 Å². The molecule has 0 spiro atoms. The Kier molecular flexibility index (Phi) is 7.78. The van der Waals surface area contributed by atoms with Gasteiger partial charge in [0.25, 0.3) is 0 Å². The van der Waals surface area contributed by atoms with Crippen molar-refractivity contribution in [3.63, 3.8) is 0 Å². The summed E-state index contributed by atoms with van der Waals surface area (Å²) in [6, 6.07) is 4.44. The highest BCUT2D eigenvalue weighted by Gasteiger charge is 2.34. The average Bonchev–Trinajstić information content (AvgIpc) is 2.80. The maximum atomic E-state index is 11.9. The first-order valence-electron chi connectivity index (χ1n) is 7.77. The normalized spacial score (nSPS) is 15.4. The number of halogens is 1. The number of likely N-dealkylation sites (tertiary alicyclic amines) is 1. The number of carbonyl (C=O) groups is 1. The lowest BCUT2D eigenvalue weighted by Gasteiger charge is -2.40. The number of nitrogens with zero attached hydrogens (tertiary/aromatic N) is 2. The van der Waals surface area contributed by atoms with Crippen LogP contribution in [0.15, 0.2) is 17.1 Å². The van der Waals surface area contributed by atoms with E-state index >= 15 is 0 Å². The summed E-state index contributed by atoms with van der Waals surface area (Å²) in [5, 5.41) is 6.62. The van der Waals surface area contributed by atoms with Crippen LogP contribution < -0.4 is 10.6 Å². The molecule has 2 heterocycles. The molecular weight excluding hydrogens is 439 g/mol. The summed E-state index contributed by atoms with van der Waals surface area (Å²) in [5.41, 5.74) is -0.452. The monoisotopic (exact) mass is 466 g/mol. The van der Waals surface area contributed by atoms with Crippen LogP contribution in [0, 0.1) is 6.92 Å². The maximum Gasteiger partial charge on any atom is 0.410 e. The number of carbonyl (C=O) groups excluding carboxylic acids is 1. The Morgan fingerprint density at radius 3 is 2.58 bits per heavy atom. The van der Waals surface area contributed by atoms with Crippen LogP contribution in [0.2, 0.25) is 0 Å². The number of nitrogens with one attached hydrogen (secondary N) is 2. The fourth-order valence-electron chi connectivity index (χ4n) is 2.18. The number of thiophene rings is 1. The van der Waals surface area contributed by atoms with Gasteiger partial charge < -0.3 is 20.3 Å². The summed E-state index contributed by atoms with van der Waals surface area (Å²) < 4.78 is 5.34. The molecule has 1 aromatic rings. The molecule has 8 heteroatoms. The summed E-state index contributed by atoms with van der Waals surface area (Å²) in [5.74, 6) is 0.755. The standard InChI is InChI=1S/C16H26N4O2S.HI/c1-11-6-7-13(23-11)8-18-14(17-5)19-12-9-20(10-12)15(21)22-16(2,3)4;/h6-7,12H,8-10H2,1-5H3,(H2,17,18,19);1H. The number of ether oxygens (including phenoxy) is 1. The molecule has 2 rings (SSSR count). The van der Waals surface area contributed by atoms with Crippen molar-refractivity contribution in [2.24, 2.45) is 4.99 Å². The van der Waals surface area contributed by atoms with Crippen LogP contribution in [0.1, 0.15) is 30.5 Å². The topological polar surface area (TPSA) is 66.0 Å². The van der Waals surface area contributed by atoms with Gasteiger partial charge in [-0.2, -0.15) is 0 Å². The third-order valence-electron chi connectivity index (χ3n) is 3.32. The third-order valence-corrected chi connectivity index (χ3v) is 4.32. The van der Waals surface area contributed by atoms with Crippen molar-refractivity contribution < 1.29 is 9.53 Å². The van der Waals surface area contributed by atoms with Gasteiger partial charge >= 0.3 is 6.09 Å². The molecule has 1 saturated heterocycles. The number of hydrogen-bond donors (Lipinski definition) is 2. The molecule has 1 aliphatic heterocycles. The minimum absolute atomic E-state index is 0. The molecule has 0 radical (unpaired) electrons. The summed E-state index contributed by atoms with van der Waals surface area (Å²) >= 11 is 1.77. The minimum atomic E-state index is -0.452. The van der Waals surface area contributed by atoms with Crippen molar-refractivity contribution in [2.45, 2.75) is 45.9 Å². The molecule has 0 aliphatic carbocycles. The summed E-state index contributed by atoms with van der Waals surface area (Å²) in [6.45, 7) is 9.73. The molecule has 1 fully saturated rings. The highest BCUT2D eigenvalue weighted by molar-refractivity contribution is 14.0. The molecule has 6 nitrogen and oxygen atoms in total. The molecule has 1 amide bonds. The largest absolute Gasteiger partial charge is 0.444 e. The van der Waals surface area contributed by atoms with Gasteiger partial charge in [-0.15, -0.1) is 35.3 Å². The predicted molar refractivity (Wildman–Crippen MR) is 109 cm³/mol. The van der Waals surface area contributed by atoms with Crippen molar-refractivity contribution in [2.75, 3.05) is 20.1 Å². The first-order chi connectivity index (χ1) is 10.8. The van der Waals surface area contributed by atoms with Crippen molar-refractivity contribution >= 4 is 47.4 Å². The zero-order valence-corrected chi connectivity index (χ0v) is 18.0. The van der Waals surface area contributed by atoms with Crippen LogP contribution in [0.3, 0.4) is 0 Å². The lowest BCUT2D eigenvalue weighted by Crippen LogP contribution is -2.63. The zero-order chi connectivity index (χ0) is 17.0. The molecule has 1 aromatic heterocycles. The van der Waals surface area contributed by atoms with Gasteiger partial charge in [0, 0.05) is 29.9 Å². The second kappa shape index (κ2) is 8.89. The van der Waals surface area contributed by atoms with E-state index in [1.807, 2.05) is 20.8 Å². The molecule has 0 saturated carbocycles. The minimum Gasteiger partial charge on any atom is -0.444 e. The number of rotatable bonds is 3. The van der Waals surface area contributed by atoms with Crippen molar-refractivity contribution in [1.82, 2.24) is 15.5 Å². The van der Waals surface area contributed by atoms with E-state index in [2.05, 4.69) is 34.7 Å². The Balaban J connectivity index is 0.00000288. The Bertz CT molecular complexity index is 577. The first kappa shape index (κ1) is 21.0. The number of hydrogen-bond acceptors (Lipinski definition) is 4. The highest BCUT2D eigenvalue weighted by atomic mass is 127. The van der Waals surface area contributed by atoms with Gasteiger partial charge in [-0.05, 0) is 39.8 Å². The Morgan fingerprint density at radius 2 is 2.08 bits per heavy atom. The van der Waals surface area contributed by atoms with Crippen LogP contribution in [-0.4, -0.2) is 48.7 Å². The van der Waals surface area contributed by atoms with E-state index in [-0.39, 0.29) is 36.1 Å². The van der Waals surface area contributed by atoms with Gasteiger partial charge in [-0.3, -0.25) is 4.99 Å². The fourth-order valence-corrected chi connectivity index (χ4v) is 3.01. The number of guanidine groups is 1. The molecule has 136 valence electrons. The third kappa shape index (κ3) is 6.46. The van der Waals surface area contributed by atoms with E-state index in [0.29, 0.717) is 13.1 Å². The van der Waals surface area contributed by atoms with Gasteiger partial charge in [-0.25, -0.2) is 4.79 Å². The van der Waals surface area contributed by atoms with E-state index in [1.165, 1.54) is 9.75 Å². The Morgan fingerprint density at radius 1 is 1.42 bits per heavy atom. The summed E-state index contributed by atoms with van der Waals surface area (Å²) in [7, 11) is 1.75. The number of aryl methyl sites for hydroxylation is 1. The van der Waals surface area contributed by atoms with Crippen LogP contribution in [0.5, 0.6) is 0 Å². The van der Waals surface area contributed by atoms with E-state index in [1.54, 1.807) is 23.3 Å². The predicted octanol–water partition coefficient (Wildman–Crippen LogP) is 2.96. The molecule has 0 bridgehead atoms. The van der Waals surface area contributed by atoms with Crippen LogP contribution in [0.25, 0.3) is 0 Å². The van der Waals surface area contributed by atoms with E-state index in [9.17, 15) is 4.79 Å². The smallest absolute Gasteiger partial charge is 0.410 e. The lowest BCUT2D eigenvalue weighted by molar-refractivity contribution is 0.00701. The Hall–Kier alpha value is -1.03. The van der Waals surface area contributed by atoms with Crippen LogP contribution in [-0.2, 0) is 11.3 Å².